The van der Waals surface area contributed by atoms with Crippen LogP contribution in [0.4, 0.5) is 0 Å². The predicted octanol–water partition coefficient (Wildman–Crippen LogP) is 3.56. The Balaban J connectivity index is 1.43. The maximum Gasteiger partial charge on any atom is 0.257 e. The van der Waals surface area contributed by atoms with E-state index in [1.165, 1.54) is 0 Å². The van der Waals surface area contributed by atoms with Gasteiger partial charge in [-0.1, -0.05) is 18.2 Å². The van der Waals surface area contributed by atoms with Crippen molar-refractivity contribution in [2.24, 2.45) is 0 Å². The van der Waals surface area contributed by atoms with E-state index in [1.54, 1.807) is 18.4 Å². The van der Waals surface area contributed by atoms with E-state index in [-0.39, 0.29) is 12.5 Å². The maximum atomic E-state index is 11.8. The molecule has 6 heteroatoms. The van der Waals surface area contributed by atoms with Crippen molar-refractivity contribution in [1.82, 2.24) is 10.3 Å². The van der Waals surface area contributed by atoms with Crippen molar-refractivity contribution in [1.29, 1.82) is 0 Å². The highest BCUT2D eigenvalue weighted by molar-refractivity contribution is 7.13. The lowest BCUT2D eigenvalue weighted by molar-refractivity contribution is -0.123. The molecular weight excluding hydrogens is 348 g/mol. The Kier molecular flexibility index (Phi) is 6.22. The van der Waals surface area contributed by atoms with Crippen LogP contribution in [0.1, 0.15) is 5.69 Å². The summed E-state index contributed by atoms with van der Waals surface area (Å²) >= 11 is 1.59. The molecule has 0 aliphatic heterocycles. The zero-order valence-corrected chi connectivity index (χ0v) is 15.3. The number of carbonyl (C=O) groups is 1. The molecule has 1 heterocycles. The standard InChI is InChI=1S/C20H20N2O3S/c1-24-17-9-7-15(8-10-17)20-22-16(14-26-20)11-12-21-19(23)13-25-18-5-3-2-4-6-18/h2-10,14H,11-13H2,1H3,(H,21,23). The molecular formula is C20H20N2O3S. The second-order valence-corrected chi connectivity index (χ2v) is 6.43. The predicted molar refractivity (Wildman–Crippen MR) is 103 cm³/mol. The van der Waals surface area contributed by atoms with Gasteiger partial charge in [-0.25, -0.2) is 4.98 Å². The first-order chi connectivity index (χ1) is 12.7. The Hall–Kier alpha value is -2.86. The maximum absolute atomic E-state index is 11.8. The van der Waals surface area contributed by atoms with Crippen molar-refractivity contribution in [3.05, 3.63) is 65.7 Å². The minimum absolute atomic E-state index is 0.0121. The van der Waals surface area contributed by atoms with Crippen LogP contribution in [0.5, 0.6) is 11.5 Å². The molecule has 0 bridgehead atoms. The zero-order chi connectivity index (χ0) is 18.2. The number of aromatic nitrogens is 1. The molecule has 0 aliphatic rings. The van der Waals surface area contributed by atoms with E-state index >= 15 is 0 Å². The molecule has 0 aliphatic carbocycles. The van der Waals surface area contributed by atoms with Gasteiger partial charge < -0.3 is 14.8 Å². The van der Waals surface area contributed by atoms with Crippen LogP contribution in [-0.4, -0.2) is 31.2 Å². The highest BCUT2D eigenvalue weighted by Crippen LogP contribution is 2.25. The number of hydrogen-bond acceptors (Lipinski definition) is 5. The number of amides is 1. The average molecular weight is 368 g/mol. The first kappa shape index (κ1) is 17.9. The fourth-order valence-electron chi connectivity index (χ4n) is 2.33. The molecule has 3 rings (SSSR count). The molecule has 0 saturated carbocycles. The molecule has 1 amide bonds. The number of hydrogen-bond donors (Lipinski definition) is 1. The highest BCUT2D eigenvalue weighted by Gasteiger charge is 2.07. The average Bonchev–Trinajstić information content (AvgIpc) is 3.16. The summed E-state index contributed by atoms with van der Waals surface area (Å²) in [6.07, 6.45) is 0.684. The van der Waals surface area contributed by atoms with Gasteiger partial charge in [0.05, 0.1) is 12.8 Å². The molecule has 134 valence electrons. The Morgan fingerprint density at radius 2 is 1.85 bits per heavy atom. The summed E-state index contributed by atoms with van der Waals surface area (Å²) in [5.74, 6) is 1.37. The molecule has 2 aromatic carbocycles. The number of nitrogens with one attached hydrogen (secondary N) is 1. The molecule has 0 unspecified atom stereocenters. The van der Waals surface area contributed by atoms with Crippen molar-refractivity contribution >= 4 is 17.2 Å². The van der Waals surface area contributed by atoms with Crippen molar-refractivity contribution < 1.29 is 14.3 Å². The third-order valence-corrected chi connectivity index (χ3v) is 4.65. The minimum atomic E-state index is -0.139. The molecule has 0 radical (unpaired) electrons. The van der Waals surface area contributed by atoms with Gasteiger partial charge in [-0.3, -0.25) is 4.79 Å². The lowest BCUT2D eigenvalue weighted by atomic mass is 10.2. The van der Waals surface area contributed by atoms with Crippen LogP contribution in [0, 0.1) is 0 Å². The van der Waals surface area contributed by atoms with E-state index in [4.69, 9.17) is 9.47 Å². The summed E-state index contributed by atoms with van der Waals surface area (Å²) in [6.45, 7) is 0.543. The van der Waals surface area contributed by atoms with Crippen LogP contribution in [0.3, 0.4) is 0 Å². The van der Waals surface area contributed by atoms with Crippen LogP contribution in [0.2, 0.25) is 0 Å². The van der Waals surface area contributed by atoms with Crippen LogP contribution in [-0.2, 0) is 11.2 Å². The molecule has 0 atom stereocenters. The van der Waals surface area contributed by atoms with Gasteiger partial charge in [-0.15, -0.1) is 11.3 Å². The highest BCUT2D eigenvalue weighted by atomic mass is 32.1. The molecule has 0 fully saturated rings. The van der Waals surface area contributed by atoms with E-state index < -0.39 is 0 Å². The lowest BCUT2D eigenvalue weighted by Gasteiger charge is -2.06. The molecule has 0 spiro atoms. The van der Waals surface area contributed by atoms with Crippen molar-refractivity contribution in [2.75, 3.05) is 20.3 Å². The number of thiazole rings is 1. The van der Waals surface area contributed by atoms with E-state index in [1.807, 2.05) is 60.0 Å². The Morgan fingerprint density at radius 1 is 1.08 bits per heavy atom. The zero-order valence-electron chi connectivity index (χ0n) is 14.5. The third kappa shape index (κ3) is 5.07. The fourth-order valence-corrected chi connectivity index (χ4v) is 3.19. The Morgan fingerprint density at radius 3 is 2.58 bits per heavy atom. The van der Waals surface area contributed by atoms with Gasteiger partial charge in [0.2, 0.25) is 0 Å². The van der Waals surface area contributed by atoms with Crippen molar-refractivity contribution in [3.8, 4) is 22.1 Å². The van der Waals surface area contributed by atoms with Gasteiger partial charge >= 0.3 is 0 Å². The number of ether oxygens (including phenoxy) is 2. The summed E-state index contributed by atoms with van der Waals surface area (Å²) in [4.78, 5) is 16.4. The fraction of sp³-hybridized carbons (Fsp3) is 0.200. The van der Waals surface area contributed by atoms with E-state index in [9.17, 15) is 4.79 Å². The molecule has 3 aromatic rings. The van der Waals surface area contributed by atoms with Gasteiger partial charge in [0.15, 0.2) is 6.61 Å². The minimum Gasteiger partial charge on any atom is -0.497 e. The third-order valence-electron chi connectivity index (χ3n) is 3.71. The summed E-state index contributed by atoms with van der Waals surface area (Å²) in [5.41, 5.74) is 2.02. The number of benzene rings is 2. The second kappa shape index (κ2) is 9.01. The van der Waals surface area contributed by atoms with Crippen LogP contribution >= 0.6 is 11.3 Å². The lowest BCUT2D eigenvalue weighted by Crippen LogP contribution is -2.30. The first-order valence-electron chi connectivity index (χ1n) is 8.28. The quantitative estimate of drug-likeness (QED) is 0.660. The number of methoxy groups -OCH3 is 1. The largest absolute Gasteiger partial charge is 0.497 e. The first-order valence-corrected chi connectivity index (χ1v) is 9.16. The summed E-state index contributed by atoms with van der Waals surface area (Å²) in [6, 6.07) is 17.1. The summed E-state index contributed by atoms with van der Waals surface area (Å²) in [7, 11) is 1.65. The Labute approximate surface area is 156 Å². The SMILES string of the molecule is COc1ccc(-c2nc(CCNC(=O)COc3ccccc3)cs2)cc1. The van der Waals surface area contributed by atoms with E-state index in [0.717, 1.165) is 22.0 Å². The van der Waals surface area contributed by atoms with Gasteiger partial charge in [-0.05, 0) is 36.4 Å². The number of rotatable bonds is 8. The topological polar surface area (TPSA) is 60.5 Å². The molecule has 0 saturated heterocycles. The van der Waals surface area contributed by atoms with Crippen LogP contribution in [0.25, 0.3) is 10.6 Å². The number of nitrogens with zero attached hydrogens (tertiary/aromatic N) is 1. The monoisotopic (exact) mass is 368 g/mol. The van der Waals surface area contributed by atoms with Gasteiger partial charge in [0.1, 0.15) is 16.5 Å². The smallest absolute Gasteiger partial charge is 0.257 e. The van der Waals surface area contributed by atoms with Gasteiger partial charge in [-0.2, -0.15) is 0 Å². The van der Waals surface area contributed by atoms with Crippen LogP contribution < -0.4 is 14.8 Å². The number of para-hydroxylation sites is 1. The molecule has 26 heavy (non-hydrogen) atoms. The van der Waals surface area contributed by atoms with E-state index in [2.05, 4.69) is 10.3 Å². The van der Waals surface area contributed by atoms with Crippen molar-refractivity contribution in [2.45, 2.75) is 6.42 Å². The van der Waals surface area contributed by atoms with Crippen LogP contribution in [0.15, 0.2) is 60.0 Å². The molecule has 1 N–H and O–H groups in total. The normalized spacial score (nSPS) is 10.3. The summed E-state index contributed by atoms with van der Waals surface area (Å²) < 4.78 is 10.6. The van der Waals surface area contributed by atoms with E-state index in [0.29, 0.717) is 18.7 Å². The number of carbonyl (C=O) groups excluding carboxylic acids is 1. The van der Waals surface area contributed by atoms with Gasteiger partial charge in [0, 0.05) is 23.9 Å². The Bertz CT molecular complexity index is 832. The summed E-state index contributed by atoms with van der Waals surface area (Å²) in [5, 5.41) is 5.83. The molecule has 1 aromatic heterocycles. The second-order valence-electron chi connectivity index (χ2n) is 5.57. The molecule has 5 nitrogen and oxygen atoms in total. The van der Waals surface area contributed by atoms with Crippen molar-refractivity contribution in [3.63, 3.8) is 0 Å². The van der Waals surface area contributed by atoms with Gasteiger partial charge in [0.25, 0.3) is 5.91 Å².